The summed E-state index contributed by atoms with van der Waals surface area (Å²) in [5.41, 5.74) is 9.63. The fraction of sp³-hybridized carbons (Fsp3) is 0.129. The first-order chi connectivity index (χ1) is 15.7. The van der Waals surface area contributed by atoms with Crippen LogP contribution < -0.4 is 28.1 Å². The van der Waals surface area contributed by atoms with Crippen LogP contribution in [0.25, 0.3) is 23.3 Å². The summed E-state index contributed by atoms with van der Waals surface area (Å²) in [6, 6.07) is 22.7. The quantitative estimate of drug-likeness (QED) is 0.332. The largest absolute Gasteiger partial charge is 1.00 e. The number of halogens is 2. The smallest absolute Gasteiger partial charge is 1.00 e. The normalized spacial score (nSPS) is 13.1. The third-order valence-corrected chi connectivity index (χ3v) is 14.6. The topological polar surface area (TPSA) is 0 Å². The van der Waals surface area contributed by atoms with Crippen molar-refractivity contribution in [1.29, 1.82) is 0 Å². The van der Waals surface area contributed by atoms with Crippen molar-refractivity contribution in [2.75, 3.05) is 0 Å². The van der Waals surface area contributed by atoms with Crippen molar-refractivity contribution in [2.45, 2.75) is 26.2 Å². The van der Waals surface area contributed by atoms with E-state index in [1.807, 2.05) is 12.2 Å². The van der Waals surface area contributed by atoms with Gasteiger partial charge in [-0.1, -0.05) is 0 Å². The van der Waals surface area contributed by atoms with E-state index in [4.69, 9.17) is 0 Å². The van der Waals surface area contributed by atoms with E-state index in [1.165, 1.54) is 33.4 Å². The van der Waals surface area contributed by atoms with Crippen molar-refractivity contribution in [1.82, 2.24) is 0 Å². The molecule has 0 saturated heterocycles. The molecule has 0 nitrogen and oxygen atoms in total. The van der Waals surface area contributed by atoms with Gasteiger partial charge in [-0.15, -0.1) is 0 Å². The maximum absolute atomic E-state index is 4.14. The van der Waals surface area contributed by atoms with Crippen LogP contribution in [-0.2, 0) is 27.7 Å². The Morgan fingerprint density at radius 1 is 0.912 bits per heavy atom. The standard InChI is InChI=1S/C17H13.C9H10.C5H5.2ClH.Zr/c1-3-12-5-7-14-11-15-8-6-13(4-2)10-17(15)16(14)9-12;1-2-6-9-7-4-3-5-8-9;1-2-4-5-3-1;;;/h3-7,9-10H,1-2,11H2;3-5,7-8H,2H2,1H3;1-3H,4H2;2*1H;/q;;;;;+2/p-2. The Hall–Kier alpha value is -2.05. The van der Waals surface area contributed by atoms with Crippen LogP contribution in [0.1, 0.15) is 47.6 Å². The maximum atomic E-state index is 4.14. The third-order valence-electron chi connectivity index (χ3n) is 6.67. The molecule has 5 rings (SSSR count). The monoisotopic (exact) mass is 560 g/mol. The van der Waals surface area contributed by atoms with Gasteiger partial charge in [0.2, 0.25) is 0 Å². The predicted molar refractivity (Wildman–Crippen MR) is 137 cm³/mol. The van der Waals surface area contributed by atoms with Gasteiger partial charge in [0.15, 0.2) is 0 Å². The van der Waals surface area contributed by atoms with Crippen LogP contribution in [0.15, 0.2) is 95.3 Å². The zero-order chi connectivity index (χ0) is 22.1. The molecule has 3 heteroatoms. The molecule has 2 aliphatic rings. The minimum Gasteiger partial charge on any atom is -1.00 e. The van der Waals surface area contributed by atoms with Crippen molar-refractivity contribution in [3.63, 3.8) is 0 Å². The van der Waals surface area contributed by atoms with E-state index in [1.54, 1.807) is 15.3 Å². The Kier molecular flexibility index (Phi) is 9.05. The summed E-state index contributed by atoms with van der Waals surface area (Å²) in [4.78, 5) is 0. The van der Waals surface area contributed by atoms with E-state index in [9.17, 15) is 0 Å². The first kappa shape index (κ1) is 26.6. The summed E-state index contributed by atoms with van der Waals surface area (Å²) in [6.07, 6.45) is 14.2. The fourth-order valence-electron chi connectivity index (χ4n) is 5.11. The summed E-state index contributed by atoms with van der Waals surface area (Å²) in [6.45, 7) is 10.5. The first-order valence-corrected chi connectivity index (χ1v) is 15.1. The van der Waals surface area contributed by atoms with Crippen molar-refractivity contribution < 1.29 is 46.1 Å². The van der Waals surface area contributed by atoms with E-state index < -0.39 is 21.3 Å². The second-order valence-electron chi connectivity index (χ2n) is 8.49. The van der Waals surface area contributed by atoms with E-state index in [0.717, 1.165) is 19.3 Å². The molecule has 0 N–H and O–H groups in total. The minimum atomic E-state index is -2.35. The summed E-state index contributed by atoms with van der Waals surface area (Å²) < 4.78 is 5.00. The van der Waals surface area contributed by atoms with Crippen molar-refractivity contribution in [3.05, 3.63) is 123 Å². The second-order valence-corrected chi connectivity index (χ2v) is 14.7. The van der Waals surface area contributed by atoms with Crippen LogP contribution in [0.5, 0.6) is 0 Å². The average Bonchev–Trinajstić information content (AvgIpc) is 3.50. The Morgan fingerprint density at radius 3 is 2.29 bits per heavy atom. The van der Waals surface area contributed by atoms with Crippen LogP contribution >= 0.6 is 0 Å². The van der Waals surface area contributed by atoms with Crippen molar-refractivity contribution in [3.8, 4) is 11.1 Å². The summed E-state index contributed by atoms with van der Waals surface area (Å²) >= 11 is -2.35. The van der Waals surface area contributed by atoms with E-state index in [2.05, 4.69) is 99.0 Å². The SMILES string of the molecule is C=Cc1ccc2c(c1)-c1cc(C=C)c[c](/[Zr+2]([C]3=CC=CC3)=[C](/CC)c3ccccc3)c1C2.[Cl-].[Cl-]. The van der Waals surface area contributed by atoms with Crippen molar-refractivity contribution >= 4 is 18.6 Å². The van der Waals surface area contributed by atoms with E-state index in [0.29, 0.717) is 0 Å². The molecule has 0 atom stereocenters. The Balaban J connectivity index is 0.00000162. The number of hydrogen-bond donors (Lipinski definition) is 0. The van der Waals surface area contributed by atoms with Gasteiger partial charge >= 0.3 is 200 Å². The number of benzene rings is 3. The van der Waals surface area contributed by atoms with Crippen LogP contribution in [0.3, 0.4) is 0 Å². The Morgan fingerprint density at radius 2 is 1.65 bits per heavy atom. The molecule has 0 aliphatic heterocycles. The number of fused-ring (bicyclic) bond motifs is 3. The van der Waals surface area contributed by atoms with Crippen LogP contribution in [-0.4, -0.2) is 3.21 Å². The number of rotatable bonds is 6. The van der Waals surface area contributed by atoms with Crippen LogP contribution in [0.2, 0.25) is 0 Å². The molecular weight excluding hydrogens is 534 g/mol. The molecule has 0 heterocycles. The molecule has 0 saturated carbocycles. The second kappa shape index (κ2) is 11.6. The van der Waals surface area contributed by atoms with Gasteiger partial charge < -0.3 is 24.8 Å². The fourth-order valence-corrected chi connectivity index (χ4v) is 13.2. The van der Waals surface area contributed by atoms with Gasteiger partial charge in [-0.05, 0) is 0 Å². The van der Waals surface area contributed by atoms with Gasteiger partial charge in [0.05, 0.1) is 0 Å². The molecule has 0 aromatic heterocycles. The third kappa shape index (κ3) is 4.85. The summed E-state index contributed by atoms with van der Waals surface area (Å²) in [5.74, 6) is 0. The zero-order valence-electron chi connectivity index (χ0n) is 19.5. The number of hydrogen-bond acceptors (Lipinski definition) is 0. The van der Waals surface area contributed by atoms with Gasteiger partial charge in [-0.2, -0.15) is 0 Å². The molecule has 0 amide bonds. The molecule has 34 heavy (non-hydrogen) atoms. The molecule has 0 unspecified atom stereocenters. The molecule has 0 spiro atoms. The first-order valence-electron chi connectivity index (χ1n) is 11.4. The molecule has 170 valence electrons. The molecule has 2 aliphatic carbocycles. The zero-order valence-corrected chi connectivity index (χ0v) is 23.4. The summed E-state index contributed by atoms with van der Waals surface area (Å²) in [5, 5.41) is 0. The van der Waals surface area contributed by atoms with Gasteiger partial charge in [0.1, 0.15) is 0 Å². The van der Waals surface area contributed by atoms with Crippen LogP contribution in [0, 0.1) is 0 Å². The molecule has 0 radical (unpaired) electrons. The van der Waals surface area contributed by atoms with Crippen molar-refractivity contribution in [2.24, 2.45) is 0 Å². The van der Waals surface area contributed by atoms with E-state index >= 15 is 0 Å². The average molecular weight is 563 g/mol. The molecular formula is C31H28Cl2Zr. The van der Waals surface area contributed by atoms with Gasteiger partial charge in [-0.3, -0.25) is 0 Å². The maximum Gasteiger partial charge on any atom is -1.00 e. The van der Waals surface area contributed by atoms with Crippen LogP contribution in [0.4, 0.5) is 0 Å². The summed E-state index contributed by atoms with van der Waals surface area (Å²) in [7, 11) is 0. The Labute approximate surface area is 223 Å². The number of allylic oxidation sites excluding steroid dienone is 4. The van der Waals surface area contributed by atoms with Gasteiger partial charge in [0, 0.05) is 0 Å². The predicted octanol–water partition coefficient (Wildman–Crippen LogP) is 1.27. The van der Waals surface area contributed by atoms with Gasteiger partial charge in [0.25, 0.3) is 0 Å². The molecule has 0 bridgehead atoms. The van der Waals surface area contributed by atoms with Gasteiger partial charge in [-0.25, -0.2) is 0 Å². The van der Waals surface area contributed by atoms with E-state index in [-0.39, 0.29) is 24.8 Å². The molecule has 3 aromatic rings. The molecule has 0 fully saturated rings. The molecule has 3 aromatic carbocycles. The minimum absolute atomic E-state index is 0. The Bertz CT molecular complexity index is 1330.